The zero-order valence-corrected chi connectivity index (χ0v) is 12.0. The molecule has 0 bridgehead atoms. The molecule has 20 heavy (non-hydrogen) atoms. The second-order valence-corrected chi connectivity index (χ2v) is 5.33. The van der Waals surface area contributed by atoms with Crippen LogP contribution in [0, 0.1) is 0 Å². The molecule has 1 aliphatic rings. The topological polar surface area (TPSA) is 78.4 Å². The van der Waals surface area contributed by atoms with Crippen molar-refractivity contribution in [1.29, 1.82) is 0 Å². The lowest BCUT2D eigenvalue weighted by atomic mass is 9.93. The lowest BCUT2D eigenvalue weighted by Crippen LogP contribution is -2.50. The Bertz CT molecular complexity index is 539. The third-order valence-corrected chi connectivity index (χ3v) is 4.07. The van der Waals surface area contributed by atoms with Gasteiger partial charge in [0, 0.05) is 0 Å². The highest BCUT2D eigenvalue weighted by Gasteiger charge is 2.39. The van der Waals surface area contributed by atoms with Gasteiger partial charge in [-0.05, 0) is 44.0 Å². The quantitative estimate of drug-likeness (QED) is 0.798. The summed E-state index contributed by atoms with van der Waals surface area (Å²) in [4.78, 5) is 23.4. The average Bonchev–Trinajstić information content (AvgIpc) is 2.91. The number of rotatable bonds is 4. The summed E-state index contributed by atoms with van der Waals surface area (Å²) in [6, 6.07) is 4.26. The normalized spacial score (nSPS) is 21.7. The number of hydrogen-bond acceptors (Lipinski definition) is 3. The van der Waals surface area contributed by atoms with E-state index in [9.17, 15) is 9.59 Å². The van der Waals surface area contributed by atoms with E-state index in [0.717, 1.165) is 19.4 Å². The highest BCUT2D eigenvalue weighted by atomic mass is 35.5. The van der Waals surface area contributed by atoms with Crippen LogP contribution in [0.1, 0.15) is 36.5 Å². The van der Waals surface area contributed by atoms with Crippen LogP contribution in [0.2, 0.25) is 5.02 Å². The van der Waals surface area contributed by atoms with Crippen LogP contribution in [-0.2, 0) is 4.79 Å². The van der Waals surface area contributed by atoms with Gasteiger partial charge < -0.3 is 15.7 Å². The Hall–Kier alpha value is -1.59. The molecule has 6 heteroatoms. The van der Waals surface area contributed by atoms with E-state index in [2.05, 4.69) is 10.6 Å². The monoisotopic (exact) mass is 296 g/mol. The molecule has 1 aromatic carbocycles. The van der Waals surface area contributed by atoms with Gasteiger partial charge in [0.25, 0.3) is 0 Å². The molecule has 1 fully saturated rings. The fourth-order valence-corrected chi connectivity index (χ4v) is 2.62. The number of amides is 1. The number of anilines is 1. The van der Waals surface area contributed by atoms with E-state index in [1.165, 1.54) is 18.2 Å². The summed E-state index contributed by atoms with van der Waals surface area (Å²) in [6.07, 6.45) is 2.39. The van der Waals surface area contributed by atoms with Crippen molar-refractivity contribution < 1.29 is 14.7 Å². The van der Waals surface area contributed by atoms with Crippen LogP contribution in [0.5, 0.6) is 0 Å². The fourth-order valence-electron chi connectivity index (χ4n) is 2.46. The maximum absolute atomic E-state index is 12.4. The van der Waals surface area contributed by atoms with Gasteiger partial charge in [0.15, 0.2) is 0 Å². The van der Waals surface area contributed by atoms with Gasteiger partial charge in [0.1, 0.15) is 0 Å². The summed E-state index contributed by atoms with van der Waals surface area (Å²) in [5, 5.41) is 15.3. The Morgan fingerprint density at radius 1 is 1.50 bits per heavy atom. The third kappa shape index (κ3) is 2.78. The van der Waals surface area contributed by atoms with Crippen LogP contribution in [-0.4, -0.2) is 29.1 Å². The van der Waals surface area contributed by atoms with Crippen molar-refractivity contribution in [2.45, 2.75) is 31.7 Å². The maximum Gasteiger partial charge on any atom is 0.335 e. The van der Waals surface area contributed by atoms with Gasteiger partial charge in [-0.3, -0.25) is 4.79 Å². The van der Waals surface area contributed by atoms with Crippen molar-refractivity contribution in [2.75, 3.05) is 11.9 Å². The molecule has 5 nitrogen and oxygen atoms in total. The number of halogens is 1. The van der Waals surface area contributed by atoms with Gasteiger partial charge in [0.05, 0.1) is 21.8 Å². The predicted molar refractivity (Wildman–Crippen MR) is 77.3 cm³/mol. The van der Waals surface area contributed by atoms with E-state index < -0.39 is 11.5 Å². The van der Waals surface area contributed by atoms with E-state index in [1.807, 2.05) is 6.92 Å². The summed E-state index contributed by atoms with van der Waals surface area (Å²) in [6.45, 7) is 2.76. The van der Waals surface area contributed by atoms with Gasteiger partial charge in [-0.2, -0.15) is 0 Å². The molecule has 1 unspecified atom stereocenters. The molecular weight excluding hydrogens is 280 g/mol. The largest absolute Gasteiger partial charge is 0.478 e. The molecule has 1 aliphatic heterocycles. The second-order valence-electron chi connectivity index (χ2n) is 4.92. The summed E-state index contributed by atoms with van der Waals surface area (Å²) in [5.41, 5.74) is -0.157. The smallest absolute Gasteiger partial charge is 0.335 e. The molecule has 0 radical (unpaired) electrons. The first-order valence-electron chi connectivity index (χ1n) is 6.58. The molecule has 0 aromatic heterocycles. The molecule has 1 heterocycles. The van der Waals surface area contributed by atoms with Crippen molar-refractivity contribution in [3.63, 3.8) is 0 Å². The van der Waals surface area contributed by atoms with Crippen LogP contribution in [0.15, 0.2) is 18.2 Å². The lowest BCUT2D eigenvalue weighted by molar-refractivity contribution is -0.122. The van der Waals surface area contributed by atoms with Crippen LogP contribution >= 0.6 is 11.6 Å². The minimum absolute atomic E-state index is 0.0922. The summed E-state index contributed by atoms with van der Waals surface area (Å²) >= 11 is 6.01. The number of aromatic carboxylic acids is 1. The van der Waals surface area contributed by atoms with E-state index in [-0.39, 0.29) is 11.5 Å². The van der Waals surface area contributed by atoms with Crippen LogP contribution in [0.25, 0.3) is 0 Å². The van der Waals surface area contributed by atoms with E-state index >= 15 is 0 Å². The fraction of sp³-hybridized carbons (Fsp3) is 0.429. The Kier molecular flexibility index (Phi) is 4.30. The highest BCUT2D eigenvalue weighted by Crippen LogP contribution is 2.28. The van der Waals surface area contributed by atoms with Crippen LogP contribution in [0.3, 0.4) is 0 Å². The van der Waals surface area contributed by atoms with Gasteiger partial charge in [-0.1, -0.05) is 18.5 Å². The van der Waals surface area contributed by atoms with Gasteiger partial charge in [0.2, 0.25) is 5.91 Å². The Balaban J connectivity index is 2.23. The molecule has 3 N–H and O–H groups in total. The number of carbonyl (C=O) groups excluding carboxylic acids is 1. The van der Waals surface area contributed by atoms with Crippen molar-refractivity contribution in [3.8, 4) is 0 Å². The maximum atomic E-state index is 12.4. The molecule has 0 saturated carbocycles. The van der Waals surface area contributed by atoms with Crippen molar-refractivity contribution in [3.05, 3.63) is 28.8 Å². The standard InChI is InChI=1S/C14H17ClN2O3/c1-2-14(6-3-7-16-14)13(20)17-11-8-9(12(18)19)4-5-10(11)15/h4-5,8,16H,2-3,6-7H2,1H3,(H,17,20)(H,18,19). The number of hydrogen-bond donors (Lipinski definition) is 3. The van der Waals surface area contributed by atoms with Gasteiger partial charge >= 0.3 is 5.97 Å². The van der Waals surface area contributed by atoms with Crippen molar-refractivity contribution in [2.24, 2.45) is 0 Å². The number of carboxylic acid groups (broad SMARTS) is 1. The number of nitrogens with one attached hydrogen (secondary N) is 2. The molecule has 1 saturated heterocycles. The molecule has 0 aliphatic carbocycles. The summed E-state index contributed by atoms with van der Waals surface area (Å²) in [5.74, 6) is -1.22. The molecule has 1 aromatic rings. The Morgan fingerprint density at radius 3 is 2.80 bits per heavy atom. The lowest BCUT2D eigenvalue weighted by Gasteiger charge is -2.27. The SMILES string of the molecule is CCC1(C(=O)Nc2cc(C(=O)O)ccc2Cl)CCCN1. The number of benzene rings is 1. The Labute approximate surface area is 122 Å². The van der Waals surface area contributed by atoms with E-state index in [4.69, 9.17) is 16.7 Å². The minimum Gasteiger partial charge on any atom is -0.478 e. The summed E-state index contributed by atoms with van der Waals surface area (Å²) in [7, 11) is 0. The van der Waals surface area contributed by atoms with Gasteiger partial charge in [-0.15, -0.1) is 0 Å². The molecule has 0 spiro atoms. The molecule has 1 atom stereocenters. The van der Waals surface area contributed by atoms with Gasteiger partial charge in [-0.25, -0.2) is 4.79 Å². The number of carbonyl (C=O) groups is 2. The zero-order chi connectivity index (χ0) is 14.8. The zero-order valence-electron chi connectivity index (χ0n) is 11.2. The van der Waals surface area contributed by atoms with Crippen LogP contribution in [0.4, 0.5) is 5.69 Å². The molecule has 1 amide bonds. The summed E-state index contributed by atoms with van der Waals surface area (Å²) < 4.78 is 0. The molecule has 108 valence electrons. The first kappa shape index (κ1) is 14.8. The Morgan fingerprint density at radius 2 is 2.25 bits per heavy atom. The minimum atomic E-state index is -1.05. The molecular formula is C14H17ClN2O3. The first-order valence-corrected chi connectivity index (χ1v) is 6.95. The van der Waals surface area contributed by atoms with Crippen LogP contribution < -0.4 is 10.6 Å². The number of carboxylic acids is 1. The first-order chi connectivity index (χ1) is 9.48. The van der Waals surface area contributed by atoms with Crippen molar-refractivity contribution >= 4 is 29.2 Å². The van der Waals surface area contributed by atoms with Crippen molar-refractivity contribution in [1.82, 2.24) is 5.32 Å². The second kappa shape index (κ2) is 5.81. The third-order valence-electron chi connectivity index (χ3n) is 3.74. The van der Waals surface area contributed by atoms with E-state index in [1.54, 1.807) is 0 Å². The average molecular weight is 297 g/mol. The molecule has 2 rings (SSSR count). The highest BCUT2D eigenvalue weighted by molar-refractivity contribution is 6.34. The predicted octanol–water partition coefficient (Wildman–Crippen LogP) is 2.51. The van der Waals surface area contributed by atoms with E-state index in [0.29, 0.717) is 17.1 Å².